The molecule has 0 saturated carbocycles. The summed E-state index contributed by atoms with van der Waals surface area (Å²) in [5.74, 6) is 0. The van der Waals surface area contributed by atoms with Crippen LogP contribution in [0.2, 0.25) is 0 Å². The van der Waals surface area contributed by atoms with Crippen LogP contribution in [0.3, 0.4) is 0 Å². The molecule has 0 radical (unpaired) electrons. The van der Waals surface area contributed by atoms with Crippen LogP contribution in [-0.2, 0) is 0 Å². The van der Waals surface area contributed by atoms with E-state index in [-0.39, 0.29) is 0 Å². The number of amides is 1. The number of rotatable bonds is 0. The molecule has 0 saturated heterocycles. The summed E-state index contributed by atoms with van der Waals surface area (Å²) in [5.41, 5.74) is 0. The smallest absolute Gasteiger partial charge is 0.415 e. The Hall–Kier alpha value is 0. The number of nitrogens with zero attached hydrogens (tertiary/aromatic N) is 1. The molecule has 4 heteroatoms. The summed E-state index contributed by atoms with van der Waals surface area (Å²) in [4.78, 5) is 9.62. The summed E-state index contributed by atoms with van der Waals surface area (Å²) in [6.45, 7) is 0. The molecule has 0 aliphatic carbocycles. The van der Waals surface area contributed by atoms with Crippen molar-refractivity contribution in [3.05, 3.63) is 0 Å². The standard InChI is InChI=1S/C2H4INO2/c1-4(3)2(5)6/h1H3,(H,5,6). The van der Waals surface area contributed by atoms with Crippen LogP contribution in [-0.4, -0.2) is 21.4 Å². The fraction of sp³-hybridized carbons (Fsp3) is 0.500. The molecule has 0 aliphatic heterocycles. The molecular weight excluding hydrogens is 197 g/mol. The first-order valence-corrected chi connectivity index (χ1v) is 2.23. The molecular formula is C2H4INO2. The molecule has 0 fully saturated rings. The van der Waals surface area contributed by atoms with Crippen molar-refractivity contribution in [2.75, 3.05) is 7.05 Å². The first-order valence-electron chi connectivity index (χ1n) is 1.27. The highest BCUT2D eigenvalue weighted by atomic mass is 127. The van der Waals surface area contributed by atoms with Crippen LogP contribution in [0.5, 0.6) is 0 Å². The van der Waals surface area contributed by atoms with Gasteiger partial charge in [0.1, 0.15) is 0 Å². The highest BCUT2D eigenvalue weighted by molar-refractivity contribution is 14.1. The predicted molar refractivity (Wildman–Crippen MR) is 29.8 cm³/mol. The Balaban J connectivity index is 3.26. The number of hydrogen-bond donors (Lipinski definition) is 1. The van der Waals surface area contributed by atoms with E-state index >= 15 is 0 Å². The summed E-state index contributed by atoms with van der Waals surface area (Å²) in [5, 5.41) is 7.91. The SMILES string of the molecule is CN(I)C(=O)O. The van der Waals surface area contributed by atoms with Gasteiger partial charge in [-0.2, -0.15) is 0 Å². The summed E-state index contributed by atoms with van der Waals surface area (Å²) >= 11 is 1.67. The molecule has 0 aromatic rings. The fourth-order valence-electron chi connectivity index (χ4n) is 0. The number of hydrogen-bond acceptors (Lipinski definition) is 1. The number of carbonyl (C=O) groups is 1. The molecule has 6 heavy (non-hydrogen) atoms. The monoisotopic (exact) mass is 201 g/mol. The van der Waals surface area contributed by atoms with Crippen molar-refractivity contribution in [3.63, 3.8) is 0 Å². The molecule has 3 nitrogen and oxygen atoms in total. The Bertz CT molecular complexity index is 62.6. The van der Waals surface area contributed by atoms with Gasteiger partial charge < -0.3 is 5.11 Å². The summed E-state index contributed by atoms with van der Waals surface area (Å²) in [6.07, 6.45) is -0.921. The second-order valence-corrected chi connectivity index (χ2v) is 2.21. The van der Waals surface area contributed by atoms with Crippen molar-refractivity contribution in [2.45, 2.75) is 0 Å². The van der Waals surface area contributed by atoms with E-state index in [2.05, 4.69) is 0 Å². The maximum absolute atomic E-state index is 9.62. The van der Waals surface area contributed by atoms with Gasteiger partial charge in [0.2, 0.25) is 0 Å². The van der Waals surface area contributed by atoms with Crippen molar-refractivity contribution in [1.29, 1.82) is 0 Å². The zero-order valence-corrected chi connectivity index (χ0v) is 5.34. The summed E-state index contributed by atoms with van der Waals surface area (Å²) < 4.78 is 1.05. The Morgan fingerprint density at radius 2 is 2.17 bits per heavy atom. The molecule has 0 rings (SSSR count). The van der Waals surface area contributed by atoms with Gasteiger partial charge in [0.25, 0.3) is 0 Å². The molecule has 0 atom stereocenters. The van der Waals surface area contributed by atoms with Gasteiger partial charge in [-0.25, -0.2) is 4.79 Å². The van der Waals surface area contributed by atoms with Gasteiger partial charge >= 0.3 is 6.09 Å². The van der Waals surface area contributed by atoms with E-state index in [0.29, 0.717) is 0 Å². The topological polar surface area (TPSA) is 40.5 Å². The lowest BCUT2D eigenvalue weighted by atomic mass is 11.1. The van der Waals surface area contributed by atoms with Gasteiger partial charge in [-0.1, -0.05) is 0 Å². The first-order chi connectivity index (χ1) is 2.64. The van der Waals surface area contributed by atoms with E-state index < -0.39 is 6.09 Å². The van der Waals surface area contributed by atoms with Crippen molar-refractivity contribution < 1.29 is 9.90 Å². The van der Waals surface area contributed by atoms with E-state index in [9.17, 15) is 4.79 Å². The third-order valence-electron chi connectivity index (χ3n) is 0.264. The van der Waals surface area contributed by atoms with Gasteiger partial charge in [-0.05, 0) is 0 Å². The van der Waals surface area contributed by atoms with Gasteiger partial charge in [0, 0.05) is 7.05 Å². The molecule has 36 valence electrons. The number of halogens is 1. The second-order valence-electron chi connectivity index (χ2n) is 0.760. The molecule has 0 spiro atoms. The van der Waals surface area contributed by atoms with E-state index in [1.54, 1.807) is 22.9 Å². The lowest BCUT2D eigenvalue weighted by Crippen LogP contribution is -2.10. The Kier molecular flexibility index (Phi) is 2.22. The molecule has 1 amide bonds. The van der Waals surface area contributed by atoms with E-state index in [1.807, 2.05) is 0 Å². The third-order valence-corrected chi connectivity index (χ3v) is 0.676. The summed E-state index contributed by atoms with van der Waals surface area (Å²) in [7, 11) is 1.46. The fourth-order valence-corrected chi connectivity index (χ4v) is 0. The maximum Gasteiger partial charge on any atom is 0.415 e. The van der Waals surface area contributed by atoms with E-state index in [0.717, 1.165) is 3.11 Å². The quantitative estimate of drug-likeness (QED) is 0.468. The van der Waals surface area contributed by atoms with E-state index in [4.69, 9.17) is 5.11 Å². The highest BCUT2D eigenvalue weighted by Crippen LogP contribution is 1.89. The van der Waals surface area contributed by atoms with Crippen LogP contribution in [0.1, 0.15) is 0 Å². The van der Waals surface area contributed by atoms with Crippen LogP contribution in [0, 0.1) is 0 Å². The Morgan fingerprint density at radius 1 is 2.00 bits per heavy atom. The van der Waals surface area contributed by atoms with Crippen LogP contribution < -0.4 is 0 Å². The van der Waals surface area contributed by atoms with Crippen LogP contribution >= 0.6 is 22.9 Å². The molecule has 1 N–H and O–H groups in total. The predicted octanol–water partition coefficient (Wildman–Crippen LogP) is 0.946. The molecule has 0 bridgehead atoms. The minimum atomic E-state index is -0.921. The average molecular weight is 201 g/mol. The molecule has 0 aliphatic rings. The van der Waals surface area contributed by atoms with Gasteiger partial charge in [-0.15, -0.1) is 0 Å². The zero-order valence-electron chi connectivity index (χ0n) is 3.18. The van der Waals surface area contributed by atoms with Crippen LogP contribution in [0.4, 0.5) is 4.79 Å². The first kappa shape index (κ1) is 6.00. The lowest BCUT2D eigenvalue weighted by molar-refractivity contribution is 0.184. The molecule has 0 aromatic heterocycles. The highest BCUT2D eigenvalue weighted by Gasteiger charge is 1.94. The van der Waals surface area contributed by atoms with Crippen LogP contribution in [0.15, 0.2) is 0 Å². The van der Waals surface area contributed by atoms with Crippen molar-refractivity contribution in [1.82, 2.24) is 3.11 Å². The molecule has 0 heterocycles. The second kappa shape index (κ2) is 2.22. The molecule has 0 aromatic carbocycles. The lowest BCUT2D eigenvalue weighted by Gasteiger charge is -1.96. The summed E-state index contributed by atoms with van der Waals surface area (Å²) in [6, 6.07) is 0. The van der Waals surface area contributed by atoms with Crippen molar-refractivity contribution >= 4 is 29.0 Å². The maximum atomic E-state index is 9.62. The Morgan fingerprint density at radius 3 is 2.17 bits per heavy atom. The van der Waals surface area contributed by atoms with Gasteiger partial charge in [0.15, 0.2) is 0 Å². The minimum Gasteiger partial charge on any atom is -0.464 e. The largest absolute Gasteiger partial charge is 0.464 e. The normalized spacial score (nSPS) is 7.67. The van der Waals surface area contributed by atoms with E-state index in [1.165, 1.54) is 7.05 Å². The van der Waals surface area contributed by atoms with Gasteiger partial charge in [0.05, 0.1) is 22.9 Å². The van der Waals surface area contributed by atoms with Gasteiger partial charge in [-0.3, -0.25) is 3.11 Å². The zero-order chi connectivity index (χ0) is 5.15. The van der Waals surface area contributed by atoms with Crippen molar-refractivity contribution in [2.24, 2.45) is 0 Å². The van der Waals surface area contributed by atoms with Crippen LogP contribution in [0.25, 0.3) is 0 Å². The molecule has 0 unspecified atom stereocenters. The number of carboxylic acid groups (broad SMARTS) is 1. The third kappa shape index (κ3) is 2.25. The minimum absolute atomic E-state index is 0.921. The van der Waals surface area contributed by atoms with Crippen molar-refractivity contribution in [3.8, 4) is 0 Å². The average Bonchev–Trinajstić information content (AvgIpc) is 1.36. The Labute approximate surface area is 49.4 Å².